The third-order valence-electron chi connectivity index (χ3n) is 4.92. The lowest BCUT2D eigenvalue weighted by Gasteiger charge is -2.33. The minimum atomic E-state index is 0.170. The Morgan fingerprint density at radius 2 is 2.10 bits per heavy atom. The number of fused-ring (bicyclic) bond motifs is 1. The fourth-order valence-electron chi connectivity index (χ4n) is 3.40. The summed E-state index contributed by atoms with van der Waals surface area (Å²) in [5.74, 6) is 0.181. The molecule has 1 amide bonds. The number of likely N-dealkylation sites (N-methyl/N-ethyl adjacent to an activating group) is 1. The van der Waals surface area contributed by atoms with Crippen LogP contribution in [0.4, 0.5) is 0 Å². The summed E-state index contributed by atoms with van der Waals surface area (Å²) in [7, 11) is 4.03. The van der Waals surface area contributed by atoms with Crippen LogP contribution in [-0.2, 0) is 23.0 Å². The van der Waals surface area contributed by atoms with E-state index in [4.69, 9.17) is 4.74 Å². The lowest BCUT2D eigenvalue weighted by atomic mass is 10.1. The number of hydrogen-bond acceptors (Lipinski definition) is 4. The Morgan fingerprint density at radius 3 is 2.71 bits per heavy atom. The van der Waals surface area contributed by atoms with Gasteiger partial charge in [0.2, 0.25) is 5.91 Å². The second-order valence-corrected chi connectivity index (χ2v) is 6.21. The molecule has 2 saturated heterocycles. The maximum Gasteiger partial charge on any atom is 0.227 e. The van der Waals surface area contributed by atoms with Crippen molar-refractivity contribution in [2.75, 3.05) is 33.3 Å². The summed E-state index contributed by atoms with van der Waals surface area (Å²) in [6.45, 7) is 7.19. The predicted molar refractivity (Wildman–Crippen MR) is 79.1 cm³/mol. The summed E-state index contributed by atoms with van der Waals surface area (Å²) >= 11 is 0. The van der Waals surface area contributed by atoms with Crippen LogP contribution in [0.3, 0.4) is 0 Å². The second-order valence-electron chi connectivity index (χ2n) is 6.21. The average molecular weight is 292 g/mol. The number of morpholine rings is 1. The van der Waals surface area contributed by atoms with E-state index in [1.54, 1.807) is 0 Å². The van der Waals surface area contributed by atoms with E-state index in [1.807, 2.05) is 30.5 Å². The molecule has 21 heavy (non-hydrogen) atoms. The molecule has 3 rings (SSSR count). The Bertz CT molecular complexity index is 554. The predicted octanol–water partition coefficient (Wildman–Crippen LogP) is 0.121. The summed E-state index contributed by atoms with van der Waals surface area (Å²) < 4.78 is 7.65. The quantitative estimate of drug-likeness (QED) is 0.777. The van der Waals surface area contributed by atoms with E-state index in [0.717, 1.165) is 36.6 Å². The first-order chi connectivity index (χ1) is 9.97. The van der Waals surface area contributed by atoms with E-state index in [0.29, 0.717) is 19.0 Å². The Morgan fingerprint density at radius 1 is 1.33 bits per heavy atom. The molecule has 2 aliphatic rings. The third-order valence-corrected chi connectivity index (χ3v) is 4.92. The molecule has 6 heteroatoms. The lowest BCUT2D eigenvalue weighted by molar-refractivity contribution is -0.129. The maximum absolute atomic E-state index is 12.6. The van der Waals surface area contributed by atoms with Crippen molar-refractivity contribution in [1.82, 2.24) is 19.6 Å². The Labute approximate surface area is 125 Å². The van der Waals surface area contributed by atoms with Crippen molar-refractivity contribution in [2.45, 2.75) is 32.4 Å². The molecule has 0 saturated carbocycles. The Hall–Kier alpha value is -1.40. The number of carbonyl (C=O) groups is 1. The molecule has 0 aliphatic carbocycles. The number of aromatic nitrogens is 2. The van der Waals surface area contributed by atoms with Crippen LogP contribution < -0.4 is 0 Å². The molecule has 2 aliphatic heterocycles. The molecule has 0 N–H and O–H groups in total. The Balaban J connectivity index is 1.69. The molecular formula is C15H24N4O2. The van der Waals surface area contributed by atoms with Crippen LogP contribution >= 0.6 is 0 Å². The van der Waals surface area contributed by atoms with Crippen molar-refractivity contribution >= 4 is 5.91 Å². The highest BCUT2D eigenvalue weighted by atomic mass is 16.5. The normalized spacial score (nSPS) is 26.2. The summed E-state index contributed by atoms with van der Waals surface area (Å²) in [5.41, 5.74) is 3.09. The molecule has 116 valence electrons. The van der Waals surface area contributed by atoms with Crippen molar-refractivity contribution in [3.8, 4) is 0 Å². The third kappa shape index (κ3) is 2.58. The van der Waals surface area contributed by atoms with E-state index < -0.39 is 0 Å². The van der Waals surface area contributed by atoms with E-state index in [9.17, 15) is 4.79 Å². The maximum atomic E-state index is 12.6. The van der Waals surface area contributed by atoms with Gasteiger partial charge in [0.25, 0.3) is 0 Å². The van der Waals surface area contributed by atoms with Crippen molar-refractivity contribution in [1.29, 1.82) is 0 Å². The zero-order valence-corrected chi connectivity index (χ0v) is 13.3. The molecule has 0 unspecified atom stereocenters. The van der Waals surface area contributed by atoms with Gasteiger partial charge in [0.1, 0.15) is 0 Å². The van der Waals surface area contributed by atoms with Gasteiger partial charge in [-0.25, -0.2) is 0 Å². The number of hydrogen-bond donors (Lipinski definition) is 0. The summed E-state index contributed by atoms with van der Waals surface area (Å²) in [4.78, 5) is 16.8. The fourth-order valence-corrected chi connectivity index (χ4v) is 3.40. The van der Waals surface area contributed by atoms with Crippen LogP contribution in [0.25, 0.3) is 0 Å². The molecule has 0 radical (unpaired) electrons. The molecule has 0 aromatic carbocycles. The highest BCUT2D eigenvalue weighted by Gasteiger charge is 2.40. The van der Waals surface area contributed by atoms with Crippen LogP contribution in [0.2, 0.25) is 0 Å². The highest BCUT2D eigenvalue weighted by molar-refractivity contribution is 5.79. The minimum absolute atomic E-state index is 0.170. The van der Waals surface area contributed by atoms with Crippen LogP contribution in [0.15, 0.2) is 0 Å². The van der Waals surface area contributed by atoms with Crippen molar-refractivity contribution in [2.24, 2.45) is 7.05 Å². The van der Waals surface area contributed by atoms with Gasteiger partial charge in [0.05, 0.1) is 30.9 Å². The van der Waals surface area contributed by atoms with Crippen LogP contribution in [0.1, 0.15) is 17.0 Å². The van der Waals surface area contributed by atoms with E-state index in [-0.39, 0.29) is 12.0 Å². The number of rotatable bonds is 2. The first-order valence-electron chi connectivity index (χ1n) is 7.56. The molecule has 0 spiro atoms. The monoisotopic (exact) mass is 292 g/mol. The Kier molecular flexibility index (Phi) is 3.75. The number of carbonyl (C=O) groups excluding carboxylic acids is 1. The summed E-state index contributed by atoms with van der Waals surface area (Å²) in [5, 5.41) is 4.39. The molecular weight excluding hydrogens is 268 g/mol. The minimum Gasteiger partial charge on any atom is -0.373 e. The smallest absolute Gasteiger partial charge is 0.227 e. The molecule has 1 aromatic heterocycles. The van der Waals surface area contributed by atoms with Gasteiger partial charge >= 0.3 is 0 Å². The number of amides is 1. The van der Waals surface area contributed by atoms with Crippen molar-refractivity contribution < 1.29 is 9.53 Å². The van der Waals surface area contributed by atoms with E-state index >= 15 is 0 Å². The molecule has 6 nitrogen and oxygen atoms in total. The van der Waals surface area contributed by atoms with E-state index in [1.165, 1.54) is 0 Å². The number of likely N-dealkylation sites (tertiary alicyclic amines) is 1. The van der Waals surface area contributed by atoms with Gasteiger partial charge in [-0.2, -0.15) is 5.10 Å². The average Bonchev–Trinajstić information content (AvgIpc) is 2.97. The van der Waals surface area contributed by atoms with Crippen LogP contribution in [0.5, 0.6) is 0 Å². The molecule has 0 bridgehead atoms. The zero-order valence-electron chi connectivity index (χ0n) is 13.3. The zero-order chi connectivity index (χ0) is 15.1. The van der Waals surface area contributed by atoms with E-state index in [2.05, 4.69) is 17.0 Å². The number of aryl methyl sites for hydroxylation is 2. The van der Waals surface area contributed by atoms with Crippen molar-refractivity contribution in [3.63, 3.8) is 0 Å². The molecule has 3 heterocycles. The first kappa shape index (κ1) is 14.5. The topological polar surface area (TPSA) is 50.6 Å². The van der Waals surface area contributed by atoms with Crippen LogP contribution in [0, 0.1) is 13.8 Å². The van der Waals surface area contributed by atoms with Gasteiger partial charge in [0.15, 0.2) is 0 Å². The van der Waals surface area contributed by atoms with Gasteiger partial charge in [-0.3, -0.25) is 14.4 Å². The fraction of sp³-hybridized carbons (Fsp3) is 0.733. The first-order valence-corrected chi connectivity index (χ1v) is 7.56. The SMILES string of the molecule is Cc1nn(C)c(C)c1CC(=O)N1C[C@H]2OCCN(C)[C@H]2C1. The van der Waals surface area contributed by atoms with Gasteiger partial charge in [-0.1, -0.05) is 0 Å². The molecule has 2 fully saturated rings. The highest BCUT2D eigenvalue weighted by Crippen LogP contribution is 2.23. The second kappa shape index (κ2) is 5.42. The lowest BCUT2D eigenvalue weighted by Crippen LogP contribution is -2.48. The van der Waals surface area contributed by atoms with Crippen molar-refractivity contribution in [3.05, 3.63) is 17.0 Å². The van der Waals surface area contributed by atoms with Crippen LogP contribution in [-0.4, -0.2) is 70.9 Å². The van der Waals surface area contributed by atoms with Gasteiger partial charge in [0, 0.05) is 37.9 Å². The summed E-state index contributed by atoms with van der Waals surface area (Å²) in [6.07, 6.45) is 0.609. The summed E-state index contributed by atoms with van der Waals surface area (Å²) in [6, 6.07) is 0.346. The number of ether oxygens (including phenoxy) is 1. The number of nitrogens with zero attached hydrogens (tertiary/aromatic N) is 4. The standard InChI is InChI=1S/C15H24N4O2/c1-10-12(11(2)18(4)16-10)7-15(20)19-8-13-14(9-19)21-6-5-17(13)3/h13-14H,5-9H2,1-4H3/t13-,14+/m0/s1. The molecule has 1 aromatic rings. The van der Waals surface area contributed by atoms with Gasteiger partial charge in [-0.05, 0) is 20.9 Å². The van der Waals surface area contributed by atoms with Gasteiger partial charge in [-0.15, -0.1) is 0 Å². The largest absolute Gasteiger partial charge is 0.373 e. The van der Waals surface area contributed by atoms with Gasteiger partial charge < -0.3 is 9.64 Å². The molecule has 2 atom stereocenters.